The van der Waals surface area contributed by atoms with Gasteiger partial charge < -0.3 is 4.57 Å². The maximum atomic E-state index is 13.7. The summed E-state index contributed by atoms with van der Waals surface area (Å²) in [6, 6.07) is 22.4. The fourth-order valence-electron chi connectivity index (χ4n) is 5.44. The standard InChI is InChI=1S/C30H25N3OS/c1-19-16-21(20(2)32(19)30-26(18-31)24-13-7-9-15-28(24)35-30)17-25-23-12-6-8-14-27(23)33(29(25)34)22-10-4-3-5-11-22/h3-6,8,10-12,14,16-17H,7,9,13,15H2,1-2H3/b25-17+. The molecule has 35 heavy (non-hydrogen) atoms. The van der Waals surface area contributed by atoms with Gasteiger partial charge >= 0.3 is 0 Å². The predicted molar refractivity (Wildman–Crippen MR) is 142 cm³/mol. The van der Waals surface area contributed by atoms with Gasteiger partial charge in [-0.1, -0.05) is 36.4 Å². The van der Waals surface area contributed by atoms with Crippen LogP contribution >= 0.6 is 11.3 Å². The monoisotopic (exact) mass is 475 g/mol. The second-order valence-electron chi connectivity index (χ2n) is 9.22. The summed E-state index contributed by atoms with van der Waals surface area (Å²) in [5, 5.41) is 11.0. The SMILES string of the molecule is Cc1cc(/C=C2/C(=O)N(c3ccccc3)c3ccccc32)c(C)n1-c1sc2c(c1C#N)CCCC2. The molecule has 2 aromatic heterocycles. The normalized spacial score (nSPS) is 15.9. The van der Waals surface area contributed by atoms with Crippen molar-refractivity contribution in [2.24, 2.45) is 0 Å². The molecule has 3 heterocycles. The number of benzene rings is 2. The smallest absolute Gasteiger partial charge is 0.263 e. The first-order valence-corrected chi connectivity index (χ1v) is 12.8. The van der Waals surface area contributed by atoms with Crippen molar-refractivity contribution in [2.45, 2.75) is 39.5 Å². The number of carbonyl (C=O) groups excluding carboxylic acids is 1. The zero-order valence-electron chi connectivity index (χ0n) is 19.8. The minimum Gasteiger partial charge on any atom is -0.308 e. The van der Waals surface area contributed by atoms with Gasteiger partial charge in [0, 0.05) is 27.5 Å². The molecule has 0 saturated carbocycles. The zero-order chi connectivity index (χ0) is 24.1. The number of para-hydroxylation sites is 2. The second kappa shape index (κ2) is 8.41. The molecule has 2 aromatic carbocycles. The number of thiophene rings is 1. The third-order valence-corrected chi connectivity index (χ3v) is 8.40. The average molecular weight is 476 g/mol. The Labute approximate surface area is 209 Å². The van der Waals surface area contributed by atoms with Gasteiger partial charge in [0.15, 0.2) is 0 Å². The summed E-state index contributed by atoms with van der Waals surface area (Å²) in [4.78, 5) is 16.8. The molecule has 1 aliphatic heterocycles. The Balaban J connectivity index is 1.48. The first kappa shape index (κ1) is 21.6. The predicted octanol–water partition coefficient (Wildman–Crippen LogP) is 7.13. The molecule has 0 saturated heterocycles. The summed E-state index contributed by atoms with van der Waals surface area (Å²) < 4.78 is 2.20. The molecule has 5 heteroatoms. The van der Waals surface area contributed by atoms with Crippen LogP contribution in [-0.4, -0.2) is 10.5 Å². The van der Waals surface area contributed by atoms with Crippen LogP contribution in [0.3, 0.4) is 0 Å². The lowest BCUT2D eigenvalue weighted by Gasteiger charge is -2.16. The molecule has 1 aliphatic carbocycles. The van der Waals surface area contributed by atoms with Crippen LogP contribution in [0, 0.1) is 25.2 Å². The molecule has 1 amide bonds. The van der Waals surface area contributed by atoms with Crippen LogP contribution in [-0.2, 0) is 17.6 Å². The Bertz CT molecular complexity index is 1550. The van der Waals surface area contributed by atoms with E-state index in [1.807, 2.05) is 60.7 Å². The Morgan fingerprint density at radius 3 is 2.54 bits per heavy atom. The number of amides is 1. The van der Waals surface area contributed by atoms with Gasteiger partial charge in [-0.3, -0.25) is 9.69 Å². The number of anilines is 2. The largest absolute Gasteiger partial charge is 0.308 e. The van der Waals surface area contributed by atoms with Crippen molar-refractivity contribution in [2.75, 3.05) is 4.90 Å². The highest BCUT2D eigenvalue weighted by molar-refractivity contribution is 7.15. The number of rotatable bonds is 3. The molecule has 0 bridgehead atoms. The number of hydrogen-bond donors (Lipinski definition) is 0. The number of carbonyl (C=O) groups is 1. The number of nitrogens with zero attached hydrogens (tertiary/aromatic N) is 3. The van der Waals surface area contributed by atoms with Crippen molar-refractivity contribution in [1.29, 1.82) is 5.26 Å². The summed E-state index contributed by atoms with van der Waals surface area (Å²) in [5.74, 6) is -0.0218. The van der Waals surface area contributed by atoms with Gasteiger partial charge in [0.05, 0.1) is 16.8 Å². The van der Waals surface area contributed by atoms with Crippen molar-refractivity contribution in [3.8, 4) is 11.1 Å². The van der Waals surface area contributed by atoms with Crippen LogP contribution in [0.2, 0.25) is 0 Å². The van der Waals surface area contributed by atoms with Crippen LogP contribution < -0.4 is 4.90 Å². The van der Waals surface area contributed by atoms with E-state index < -0.39 is 0 Å². The van der Waals surface area contributed by atoms with E-state index in [1.54, 1.807) is 16.2 Å². The highest BCUT2D eigenvalue weighted by Crippen LogP contribution is 2.43. The fraction of sp³-hybridized carbons (Fsp3) is 0.200. The molecule has 0 unspecified atom stereocenters. The molecule has 0 fully saturated rings. The van der Waals surface area contributed by atoms with Crippen LogP contribution in [0.25, 0.3) is 16.7 Å². The maximum absolute atomic E-state index is 13.7. The average Bonchev–Trinajstić information content (AvgIpc) is 3.48. The molecule has 0 atom stereocenters. The minimum atomic E-state index is -0.0218. The van der Waals surface area contributed by atoms with Gasteiger partial charge in [0.2, 0.25) is 0 Å². The lowest BCUT2D eigenvalue weighted by molar-refractivity contribution is -0.112. The third-order valence-electron chi connectivity index (χ3n) is 7.12. The Morgan fingerprint density at radius 2 is 1.74 bits per heavy atom. The van der Waals surface area contributed by atoms with E-state index in [4.69, 9.17) is 0 Å². The van der Waals surface area contributed by atoms with Gasteiger partial charge in [-0.25, -0.2) is 0 Å². The molecular formula is C30H25N3OS. The maximum Gasteiger partial charge on any atom is 0.263 e. The second-order valence-corrected chi connectivity index (χ2v) is 10.3. The van der Waals surface area contributed by atoms with Gasteiger partial charge in [-0.2, -0.15) is 5.26 Å². The van der Waals surface area contributed by atoms with Gasteiger partial charge in [0.25, 0.3) is 5.91 Å². The van der Waals surface area contributed by atoms with E-state index >= 15 is 0 Å². The molecular weight excluding hydrogens is 450 g/mol. The highest BCUT2D eigenvalue weighted by Gasteiger charge is 2.33. The van der Waals surface area contributed by atoms with Crippen molar-refractivity contribution in [1.82, 2.24) is 4.57 Å². The number of aromatic nitrogens is 1. The highest BCUT2D eigenvalue weighted by atomic mass is 32.1. The quantitative estimate of drug-likeness (QED) is 0.296. The van der Waals surface area contributed by atoms with Crippen molar-refractivity contribution in [3.05, 3.63) is 99.2 Å². The summed E-state index contributed by atoms with van der Waals surface area (Å²) in [5.41, 5.74) is 8.59. The Morgan fingerprint density at radius 1 is 1.00 bits per heavy atom. The van der Waals surface area contributed by atoms with E-state index in [-0.39, 0.29) is 5.91 Å². The summed E-state index contributed by atoms with van der Waals surface area (Å²) in [6.45, 7) is 4.16. The molecule has 6 rings (SSSR count). The number of hydrogen-bond acceptors (Lipinski definition) is 3. The van der Waals surface area contributed by atoms with Crippen LogP contribution in [0.15, 0.2) is 60.7 Å². The third kappa shape index (κ3) is 3.37. The number of fused-ring (bicyclic) bond motifs is 2. The number of nitriles is 1. The van der Waals surface area contributed by atoms with E-state index in [9.17, 15) is 10.1 Å². The topological polar surface area (TPSA) is 49.0 Å². The van der Waals surface area contributed by atoms with Gasteiger partial charge in [-0.15, -0.1) is 11.3 Å². The van der Waals surface area contributed by atoms with Crippen LogP contribution in [0.5, 0.6) is 0 Å². The lowest BCUT2D eigenvalue weighted by atomic mass is 9.96. The summed E-state index contributed by atoms with van der Waals surface area (Å²) in [6.07, 6.45) is 6.41. The van der Waals surface area contributed by atoms with Gasteiger partial charge in [-0.05, 0) is 81.0 Å². The number of aryl methyl sites for hydroxylation is 2. The first-order valence-electron chi connectivity index (χ1n) is 12.0. The van der Waals surface area contributed by atoms with Crippen LogP contribution in [0.4, 0.5) is 11.4 Å². The molecule has 2 aliphatic rings. The van der Waals surface area contributed by atoms with Crippen molar-refractivity contribution >= 4 is 40.3 Å². The van der Waals surface area contributed by atoms with Crippen molar-refractivity contribution < 1.29 is 4.79 Å². The summed E-state index contributed by atoms with van der Waals surface area (Å²) in [7, 11) is 0. The molecule has 172 valence electrons. The van der Waals surface area contributed by atoms with Gasteiger partial charge in [0.1, 0.15) is 11.1 Å². The Kier molecular flexibility index (Phi) is 5.20. The molecule has 4 aromatic rings. The molecule has 0 N–H and O–H groups in total. The zero-order valence-corrected chi connectivity index (χ0v) is 20.7. The summed E-state index contributed by atoms with van der Waals surface area (Å²) >= 11 is 1.76. The molecule has 0 spiro atoms. The lowest BCUT2D eigenvalue weighted by Crippen LogP contribution is -2.20. The van der Waals surface area contributed by atoms with E-state index in [0.29, 0.717) is 5.57 Å². The van der Waals surface area contributed by atoms with E-state index in [0.717, 1.165) is 63.7 Å². The Hall–Kier alpha value is -3.88. The van der Waals surface area contributed by atoms with Crippen molar-refractivity contribution in [3.63, 3.8) is 0 Å². The van der Waals surface area contributed by atoms with E-state index in [2.05, 4.69) is 30.6 Å². The van der Waals surface area contributed by atoms with E-state index in [1.165, 1.54) is 16.9 Å². The minimum absolute atomic E-state index is 0.0218. The molecule has 0 radical (unpaired) electrons. The van der Waals surface area contributed by atoms with Crippen LogP contribution in [0.1, 0.15) is 51.4 Å². The fourth-order valence-corrected chi connectivity index (χ4v) is 6.89. The first-order chi connectivity index (χ1) is 17.1. The molecule has 4 nitrogen and oxygen atoms in total.